The maximum absolute atomic E-state index is 12.7. The van der Waals surface area contributed by atoms with Gasteiger partial charge in [0.25, 0.3) is 0 Å². The lowest BCUT2D eigenvalue weighted by molar-refractivity contribution is -0.166. The molecule has 138 valence electrons. The smallest absolute Gasteiger partial charge is 0.245 e. The summed E-state index contributed by atoms with van der Waals surface area (Å²) in [5.74, 6) is 0.600. The molecular weight excluding hydrogens is 320 g/mol. The van der Waals surface area contributed by atoms with Gasteiger partial charge in [0.05, 0.1) is 19.3 Å². The topological polar surface area (TPSA) is 82.8 Å². The Morgan fingerprint density at radius 3 is 2.64 bits per heavy atom. The van der Waals surface area contributed by atoms with Crippen LogP contribution in [0.4, 0.5) is 5.69 Å². The van der Waals surface area contributed by atoms with Gasteiger partial charge in [0, 0.05) is 30.6 Å². The van der Waals surface area contributed by atoms with Crippen molar-refractivity contribution in [3.05, 3.63) is 24.3 Å². The van der Waals surface area contributed by atoms with E-state index in [1.165, 1.54) is 0 Å². The number of hydrogen-bond acceptors (Lipinski definition) is 5. The molecule has 2 fully saturated rings. The van der Waals surface area contributed by atoms with Crippen molar-refractivity contribution in [3.63, 3.8) is 0 Å². The maximum Gasteiger partial charge on any atom is 0.245 e. The van der Waals surface area contributed by atoms with E-state index in [0.717, 1.165) is 18.8 Å². The molecule has 1 aromatic rings. The van der Waals surface area contributed by atoms with Crippen molar-refractivity contribution in [1.82, 2.24) is 0 Å². The van der Waals surface area contributed by atoms with Gasteiger partial charge in [-0.15, -0.1) is 0 Å². The normalized spacial score (nSPS) is 30.6. The zero-order valence-electron chi connectivity index (χ0n) is 15.2. The van der Waals surface area contributed by atoms with Gasteiger partial charge in [-0.2, -0.15) is 0 Å². The fraction of sp³-hybridized carbons (Fsp3) is 0.632. The van der Waals surface area contributed by atoms with Crippen molar-refractivity contribution >= 4 is 11.6 Å². The second kappa shape index (κ2) is 6.94. The van der Waals surface area contributed by atoms with Gasteiger partial charge in [0.2, 0.25) is 5.91 Å². The summed E-state index contributed by atoms with van der Waals surface area (Å²) in [6.07, 6.45) is 1.56. The SMILES string of the molecule is CCOC1CC(N)(C(=O)Nc2ccc(OC3CCOC3)cc2)C1(C)C. The van der Waals surface area contributed by atoms with Gasteiger partial charge in [0.15, 0.2) is 0 Å². The quantitative estimate of drug-likeness (QED) is 0.824. The first-order chi connectivity index (χ1) is 11.9. The highest BCUT2D eigenvalue weighted by atomic mass is 16.5. The van der Waals surface area contributed by atoms with Gasteiger partial charge in [-0.25, -0.2) is 0 Å². The Kier molecular flexibility index (Phi) is 5.04. The van der Waals surface area contributed by atoms with Crippen LogP contribution in [0.1, 0.15) is 33.6 Å². The third kappa shape index (κ3) is 3.38. The summed E-state index contributed by atoms with van der Waals surface area (Å²) in [6, 6.07) is 7.37. The molecule has 3 unspecified atom stereocenters. The molecule has 6 heteroatoms. The summed E-state index contributed by atoms with van der Waals surface area (Å²) in [5, 5.41) is 2.92. The molecule has 2 aliphatic rings. The van der Waals surface area contributed by atoms with E-state index in [0.29, 0.717) is 25.3 Å². The molecule has 1 aromatic carbocycles. The highest BCUT2D eigenvalue weighted by molar-refractivity contribution is 5.99. The van der Waals surface area contributed by atoms with Gasteiger partial charge >= 0.3 is 0 Å². The first-order valence-corrected chi connectivity index (χ1v) is 8.93. The van der Waals surface area contributed by atoms with E-state index in [4.69, 9.17) is 19.9 Å². The Morgan fingerprint density at radius 2 is 2.08 bits per heavy atom. The molecule has 1 amide bonds. The van der Waals surface area contributed by atoms with E-state index in [2.05, 4.69) is 5.32 Å². The van der Waals surface area contributed by atoms with Crippen LogP contribution < -0.4 is 15.8 Å². The first kappa shape index (κ1) is 18.2. The number of rotatable bonds is 6. The monoisotopic (exact) mass is 348 g/mol. The van der Waals surface area contributed by atoms with Crippen molar-refractivity contribution in [3.8, 4) is 5.75 Å². The number of carbonyl (C=O) groups is 1. The zero-order chi connectivity index (χ0) is 18.1. The van der Waals surface area contributed by atoms with E-state index in [1.807, 2.05) is 45.0 Å². The van der Waals surface area contributed by atoms with E-state index in [1.54, 1.807) is 0 Å². The summed E-state index contributed by atoms with van der Waals surface area (Å²) in [5.41, 5.74) is 5.78. The molecule has 3 atom stereocenters. The Morgan fingerprint density at radius 1 is 1.36 bits per heavy atom. The van der Waals surface area contributed by atoms with E-state index >= 15 is 0 Å². The summed E-state index contributed by atoms with van der Waals surface area (Å²) in [4.78, 5) is 12.7. The molecule has 1 saturated carbocycles. The molecule has 1 saturated heterocycles. The van der Waals surface area contributed by atoms with E-state index < -0.39 is 11.0 Å². The predicted molar refractivity (Wildman–Crippen MR) is 95.7 cm³/mol. The number of hydrogen-bond donors (Lipinski definition) is 2. The second-order valence-electron chi connectivity index (χ2n) is 7.42. The van der Waals surface area contributed by atoms with Crippen LogP contribution in [0.5, 0.6) is 5.75 Å². The Hall–Kier alpha value is -1.63. The van der Waals surface area contributed by atoms with Gasteiger partial charge < -0.3 is 25.3 Å². The number of amides is 1. The number of carbonyl (C=O) groups excluding carboxylic acids is 1. The van der Waals surface area contributed by atoms with Gasteiger partial charge in [0.1, 0.15) is 17.4 Å². The minimum Gasteiger partial charge on any atom is -0.488 e. The average Bonchev–Trinajstić information content (AvgIpc) is 3.09. The summed E-state index contributed by atoms with van der Waals surface area (Å²) in [7, 11) is 0. The molecule has 0 aromatic heterocycles. The highest BCUT2D eigenvalue weighted by Gasteiger charge is 2.62. The number of anilines is 1. The molecule has 3 N–H and O–H groups in total. The Labute approximate surface area is 149 Å². The van der Waals surface area contributed by atoms with Gasteiger partial charge in [-0.05, 0) is 31.2 Å². The van der Waals surface area contributed by atoms with Crippen LogP contribution in [0.25, 0.3) is 0 Å². The van der Waals surface area contributed by atoms with Crippen LogP contribution in [-0.2, 0) is 14.3 Å². The third-order valence-electron chi connectivity index (χ3n) is 5.54. The maximum atomic E-state index is 12.7. The molecule has 1 aliphatic carbocycles. The van der Waals surface area contributed by atoms with Crippen molar-refractivity contribution < 1.29 is 19.0 Å². The number of ether oxygens (including phenoxy) is 3. The molecule has 0 bridgehead atoms. The largest absolute Gasteiger partial charge is 0.488 e. The van der Waals surface area contributed by atoms with Crippen LogP contribution in [0.3, 0.4) is 0 Å². The second-order valence-corrected chi connectivity index (χ2v) is 7.42. The third-order valence-corrected chi connectivity index (χ3v) is 5.54. The van der Waals surface area contributed by atoms with Gasteiger partial charge in [-0.1, -0.05) is 13.8 Å². The molecule has 1 heterocycles. The van der Waals surface area contributed by atoms with Crippen molar-refractivity contribution in [2.45, 2.75) is 51.4 Å². The van der Waals surface area contributed by atoms with E-state index in [-0.39, 0.29) is 18.1 Å². The minimum atomic E-state index is -0.927. The lowest BCUT2D eigenvalue weighted by Gasteiger charge is -2.57. The zero-order valence-corrected chi connectivity index (χ0v) is 15.2. The standard InChI is InChI=1S/C19H28N2O4/c1-4-24-16-11-19(20,18(16,2)3)17(22)21-13-5-7-14(8-6-13)25-15-9-10-23-12-15/h5-8,15-16H,4,9-12,20H2,1-3H3,(H,21,22). The lowest BCUT2D eigenvalue weighted by atomic mass is 9.54. The van der Waals surface area contributed by atoms with Crippen LogP contribution in [-0.4, -0.2) is 43.5 Å². The Balaban J connectivity index is 1.59. The van der Waals surface area contributed by atoms with Crippen LogP contribution in [0, 0.1) is 5.41 Å². The molecule has 0 spiro atoms. The minimum absolute atomic E-state index is 0.0117. The Bertz CT molecular complexity index is 610. The first-order valence-electron chi connectivity index (χ1n) is 8.93. The molecule has 0 radical (unpaired) electrons. The average molecular weight is 348 g/mol. The van der Waals surface area contributed by atoms with Gasteiger partial charge in [-0.3, -0.25) is 4.79 Å². The summed E-state index contributed by atoms with van der Waals surface area (Å²) >= 11 is 0. The van der Waals surface area contributed by atoms with Crippen molar-refractivity contribution in [1.29, 1.82) is 0 Å². The van der Waals surface area contributed by atoms with E-state index in [9.17, 15) is 4.79 Å². The fourth-order valence-electron chi connectivity index (χ4n) is 3.48. The highest BCUT2D eigenvalue weighted by Crippen LogP contribution is 2.50. The molecule has 1 aliphatic heterocycles. The number of benzene rings is 1. The summed E-state index contributed by atoms with van der Waals surface area (Å²) in [6.45, 7) is 7.92. The molecule has 6 nitrogen and oxygen atoms in total. The fourth-order valence-corrected chi connectivity index (χ4v) is 3.48. The number of nitrogens with two attached hydrogens (primary N) is 1. The number of nitrogens with one attached hydrogen (secondary N) is 1. The van der Waals surface area contributed by atoms with Crippen LogP contribution in [0.15, 0.2) is 24.3 Å². The van der Waals surface area contributed by atoms with Crippen LogP contribution in [0.2, 0.25) is 0 Å². The molecule has 3 rings (SSSR count). The van der Waals surface area contributed by atoms with Crippen LogP contribution >= 0.6 is 0 Å². The summed E-state index contributed by atoms with van der Waals surface area (Å²) < 4.78 is 16.8. The lowest BCUT2D eigenvalue weighted by Crippen LogP contribution is -2.74. The predicted octanol–water partition coefficient (Wildman–Crippen LogP) is 2.33. The van der Waals surface area contributed by atoms with Crippen molar-refractivity contribution in [2.75, 3.05) is 25.1 Å². The molecular formula is C19H28N2O4. The van der Waals surface area contributed by atoms with Crippen molar-refractivity contribution in [2.24, 2.45) is 11.1 Å². The molecule has 25 heavy (non-hydrogen) atoms.